The number of hydrogen-bond acceptors (Lipinski definition) is 4. The minimum atomic E-state index is -0.877. The lowest BCUT2D eigenvalue weighted by Crippen LogP contribution is -2.41. The summed E-state index contributed by atoms with van der Waals surface area (Å²) >= 11 is 1.51. The molecule has 0 saturated heterocycles. The number of rotatable bonds is 6. The Labute approximate surface area is 106 Å². The van der Waals surface area contributed by atoms with E-state index in [-0.39, 0.29) is 6.54 Å². The second-order valence-electron chi connectivity index (χ2n) is 4.95. The third-order valence-electron chi connectivity index (χ3n) is 2.80. The van der Waals surface area contributed by atoms with E-state index in [1.165, 1.54) is 11.3 Å². The molecular weight excluding hydrogens is 236 g/mol. The fourth-order valence-electron chi connectivity index (χ4n) is 2.03. The van der Waals surface area contributed by atoms with Crippen LogP contribution in [0.2, 0.25) is 0 Å². The summed E-state index contributed by atoms with van der Waals surface area (Å²) < 4.78 is 0. The average molecular weight is 256 g/mol. The molecule has 3 N–H and O–H groups in total. The lowest BCUT2D eigenvalue weighted by atomic mass is 9.77. The Morgan fingerprint density at radius 2 is 2.29 bits per heavy atom. The first-order valence-electron chi connectivity index (χ1n) is 5.74. The van der Waals surface area contributed by atoms with Crippen molar-refractivity contribution in [3.63, 3.8) is 0 Å². The molecule has 0 aliphatic rings. The number of hydrogen-bond donors (Lipinski definition) is 2. The van der Waals surface area contributed by atoms with Crippen molar-refractivity contribution in [3.05, 3.63) is 16.1 Å². The van der Waals surface area contributed by atoms with Gasteiger partial charge in [-0.25, -0.2) is 4.98 Å². The largest absolute Gasteiger partial charge is 0.481 e. The van der Waals surface area contributed by atoms with Crippen molar-refractivity contribution in [2.45, 2.75) is 33.6 Å². The van der Waals surface area contributed by atoms with Crippen molar-refractivity contribution in [3.8, 4) is 0 Å². The molecule has 1 rings (SSSR count). The van der Waals surface area contributed by atoms with Gasteiger partial charge in [0.25, 0.3) is 0 Å². The maximum atomic E-state index is 11.5. The van der Waals surface area contributed by atoms with E-state index in [0.717, 1.165) is 10.7 Å². The van der Waals surface area contributed by atoms with E-state index in [1.54, 1.807) is 0 Å². The Kier molecular flexibility index (Phi) is 4.65. The van der Waals surface area contributed by atoms with E-state index in [2.05, 4.69) is 4.98 Å². The van der Waals surface area contributed by atoms with Gasteiger partial charge in [-0.2, -0.15) is 0 Å². The summed E-state index contributed by atoms with van der Waals surface area (Å²) in [6.07, 6.45) is 1.01. The second kappa shape index (κ2) is 5.60. The molecule has 0 bridgehead atoms. The summed E-state index contributed by atoms with van der Waals surface area (Å²) in [4.78, 5) is 15.8. The molecule has 0 radical (unpaired) electrons. The highest BCUT2D eigenvalue weighted by Crippen LogP contribution is 2.31. The topological polar surface area (TPSA) is 76.2 Å². The van der Waals surface area contributed by atoms with Crippen LogP contribution in [0.25, 0.3) is 0 Å². The highest BCUT2D eigenvalue weighted by atomic mass is 32.1. The number of carboxylic acids is 1. The standard InChI is InChI=1S/C12H20N2O2S/c1-8(2)4-12(7-13,11(15)16)5-10-14-9(3)6-17-10/h6,8H,4-5,7,13H2,1-3H3,(H,15,16). The van der Waals surface area contributed by atoms with Crippen LogP contribution in [0.1, 0.15) is 31.0 Å². The Morgan fingerprint density at radius 3 is 2.65 bits per heavy atom. The van der Waals surface area contributed by atoms with Gasteiger partial charge in [0.2, 0.25) is 0 Å². The summed E-state index contributed by atoms with van der Waals surface area (Å²) in [5.41, 5.74) is 5.77. The Balaban J connectivity index is 2.93. The molecule has 1 heterocycles. The van der Waals surface area contributed by atoms with Crippen molar-refractivity contribution in [2.75, 3.05) is 6.54 Å². The fraction of sp³-hybridized carbons (Fsp3) is 0.667. The highest BCUT2D eigenvalue weighted by Gasteiger charge is 2.38. The van der Waals surface area contributed by atoms with Crippen LogP contribution in [0.4, 0.5) is 0 Å². The summed E-state index contributed by atoms with van der Waals surface area (Å²) in [5.74, 6) is -0.516. The van der Waals surface area contributed by atoms with Gasteiger partial charge in [-0.05, 0) is 19.3 Å². The van der Waals surface area contributed by atoms with Gasteiger partial charge >= 0.3 is 5.97 Å². The van der Waals surface area contributed by atoms with E-state index in [4.69, 9.17) is 5.73 Å². The molecular formula is C12H20N2O2S. The molecule has 0 aliphatic carbocycles. The number of nitrogens with zero attached hydrogens (tertiary/aromatic N) is 1. The smallest absolute Gasteiger partial charge is 0.311 e. The number of aromatic nitrogens is 1. The van der Waals surface area contributed by atoms with Gasteiger partial charge in [-0.1, -0.05) is 13.8 Å². The van der Waals surface area contributed by atoms with Gasteiger partial charge in [-0.15, -0.1) is 11.3 Å². The van der Waals surface area contributed by atoms with Crippen LogP contribution in [0.15, 0.2) is 5.38 Å². The zero-order chi connectivity index (χ0) is 13.1. The Morgan fingerprint density at radius 1 is 1.65 bits per heavy atom. The minimum Gasteiger partial charge on any atom is -0.481 e. The zero-order valence-electron chi connectivity index (χ0n) is 10.6. The SMILES string of the molecule is Cc1csc(CC(CN)(CC(C)C)C(=O)O)n1. The maximum absolute atomic E-state index is 11.5. The third kappa shape index (κ3) is 3.51. The van der Waals surface area contributed by atoms with Crippen LogP contribution in [-0.4, -0.2) is 22.6 Å². The molecule has 17 heavy (non-hydrogen) atoms. The quantitative estimate of drug-likeness (QED) is 0.817. The van der Waals surface area contributed by atoms with Gasteiger partial charge in [0.15, 0.2) is 0 Å². The summed E-state index contributed by atoms with van der Waals surface area (Å²) in [7, 11) is 0. The lowest BCUT2D eigenvalue weighted by Gasteiger charge is -2.28. The molecule has 0 amide bonds. The van der Waals surface area contributed by atoms with E-state index in [0.29, 0.717) is 18.8 Å². The van der Waals surface area contributed by atoms with Crippen molar-refractivity contribution in [1.82, 2.24) is 4.98 Å². The molecule has 1 atom stereocenters. The van der Waals surface area contributed by atoms with Gasteiger partial charge < -0.3 is 10.8 Å². The molecule has 1 unspecified atom stereocenters. The Hall–Kier alpha value is -0.940. The van der Waals surface area contributed by atoms with Crippen molar-refractivity contribution >= 4 is 17.3 Å². The number of nitrogens with two attached hydrogens (primary N) is 1. The van der Waals surface area contributed by atoms with E-state index >= 15 is 0 Å². The average Bonchev–Trinajstić information content (AvgIpc) is 2.61. The van der Waals surface area contributed by atoms with Crippen LogP contribution in [0.3, 0.4) is 0 Å². The molecule has 4 nitrogen and oxygen atoms in total. The summed E-state index contributed by atoms with van der Waals surface area (Å²) in [5, 5.41) is 12.2. The monoisotopic (exact) mass is 256 g/mol. The van der Waals surface area contributed by atoms with Crippen LogP contribution >= 0.6 is 11.3 Å². The minimum absolute atomic E-state index is 0.152. The number of carbonyl (C=O) groups is 1. The molecule has 0 aromatic carbocycles. The number of thiazole rings is 1. The molecule has 5 heteroatoms. The molecule has 0 saturated carbocycles. The maximum Gasteiger partial charge on any atom is 0.311 e. The third-order valence-corrected chi connectivity index (χ3v) is 3.77. The predicted octanol–water partition coefficient (Wildman–Crippen LogP) is 2.07. The van der Waals surface area contributed by atoms with E-state index in [9.17, 15) is 9.90 Å². The first-order valence-corrected chi connectivity index (χ1v) is 6.62. The first kappa shape index (κ1) is 14.1. The highest BCUT2D eigenvalue weighted by molar-refractivity contribution is 7.09. The van der Waals surface area contributed by atoms with E-state index in [1.807, 2.05) is 26.2 Å². The number of aryl methyl sites for hydroxylation is 1. The van der Waals surface area contributed by atoms with Crippen LogP contribution in [0, 0.1) is 18.3 Å². The first-order chi connectivity index (χ1) is 7.89. The molecule has 0 aliphatic heterocycles. The van der Waals surface area contributed by atoms with Crippen molar-refractivity contribution in [2.24, 2.45) is 17.1 Å². The van der Waals surface area contributed by atoms with Crippen LogP contribution < -0.4 is 5.73 Å². The normalized spacial score (nSPS) is 14.9. The molecule has 96 valence electrons. The molecule has 1 aromatic heterocycles. The fourth-order valence-corrected chi connectivity index (χ4v) is 2.95. The van der Waals surface area contributed by atoms with Crippen molar-refractivity contribution in [1.29, 1.82) is 0 Å². The second-order valence-corrected chi connectivity index (χ2v) is 5.89. The van der Waals surface area contributed by atoms with Gasteiger partial charge in [-0.3, -0.25) is 4.79 Å². The molecule has 1 aromatic rings. The Bertz CT molecular complexity index is 390. The van der Waals surface area contributed by atoms with Crippen molar-refractivity contribution < 1.29 is 9.90 Å². The predicted molar refractivity (Wildman–Crippen MR) is 69.1 cm³/mol. The zero-order valence-corrected chi connectivity index (χ0v) is 11.4. The summed E-state index contributed by atoms with van der Waals surface area (Å²) in [6.45, 7) is 6.09. The lowest BCUT2D eigenvalue weighted by molar-refractivity contribution is -0.149. The van der Waals surface area contributed by atoms with Gasteiger partial charge in [0.1, 0.15) is 0 Å². The van der Waals surface area contributed by atoms with E-state index < -0.39 is 11.4 Å². The molecule has 0 fully saturated rings. The summed E-state index contributed by atoms with van der Waals surface area (Å²) in [6, 6.07) is 0. The van der Waals surface area contributed by atoms with Crippen LogP contribution in [-0.2, 0) is 11.2 Å². The van der Waals surface area contributed by atoms with Gasteiger partial charge in [0, 0.05) is 24.0 Å². The molecule has 0 spiro atoms. The van der Waals surface area contributed by atoms with Crippen LogP contribution in [0.5, 0.6) is 0 Å². The number of aliphatic carboxylic acids is 1. The van der Waals surface area contributed by atoms with Gasteiger partial charge in [0.05, 0.1) is 10.4 Å². The number of carboxylic acid groups (broad SMARTS) is 1.